The fourth-order valence-electron chi connectivity index (χ4n) is 2.24. The third-order valence-corrected chi connectivity index (χ3v) is 3.54. The molecule has 132 valence electrons. The predicted octanol–water partition coefficient (Wildman–Crippen LogP) is 2.85. The van der Waals surface area contributed by atoms with Crippen LogP contribution in [0.1, 0.15) is 11.3 Å². The molecule has 0 aliphatic heterocycles. The Balaban J connectivity index is 1.58. The van der Waals surface area contributed by atoms with Crippen molar-refractivity contribution >= 4 is 6.02 Å². The lowest BCUT2D eigenvalue weighted by molar-refractivity contribution is 0.302. The lowest BCUT2D eigenvalue weighted by Crippen LogP contribution is -2.20. The van der Waals surface area contributed by atoms with Crippen molar-refractivity contribution in [2.45, 2.75) is 13.2 Å². The van der Waals surface area contributed by atoms with Gasteiger partial charge in [0.25, 0.3) is 6.02 Å². The highest BCUT2D eigenvalue weighted by atomic mass is 16.5. The molecule has 26 heavy (non-hydrogen) atoms. The summed E-state index contributed by atoms with van der Waals surface area (Å²) in [6, 6.07) is 20.2. The Hall–Kier alpha value is -3.54. The molecule has 3 rings (SSSR count). The zero-order valence-electron chi connectivity index (χ0n) is 14.1. The first-order valence-corrected chi connectivity index (χ1v) is 8.12. The van der Waals surface area contributed by atoms with Crippen molar-refractivity contribution in [1.82, 2.24) is 4.98 Å². The molecule has 0 aliphatic rings. The van der Waals surface area contributed by atoms with Crippen LogP contribution in [0.3, 0.4) is 0 Å². The van der Waals surface area contributed by atoms with E-state index in [0.717, 1.165) is 5.56 Å². The monoisotopic (exact) mass is 349 g/mol. The number of amidine groups is 1. The van der Waals surface area contributed by atoms with Gasteiger partial charge >= 0.3 is 0 Å². The van der Waals surface area contributed by atoms with E-state index in [-0.39, 0.29) is 23.7 Å². The molecule has 0 radical (unpaired) electrons. The molecule has 0 saturated carbocycles. The second-order valence-electron chi connectivity index (χ2n) is 5.53. The Morgan fingerprint density at radius 1 is 1.04 bits per heavy atom. The Labute approximate surface area is 150 Å². The highest BCUT2D eigenvalue weighted by molar-refractivity contribution is 5.74. The minimum atomic E-state index is -0.215. The van der Waals surface area contributed by atoms with Crippen LogP contribution in [0.15, 0.2) is 82.7 Å². The first-order valence-electron chi connectivity index (χ1n) is 8.12. The highest BCUT2D eigenvalue weighted by Gasteiger charge is 2.04. The number of aromatic amines is 1. The number of hydrogen-bond donors (Lipinski definition) is 2. The predicted molar refractivity (Wildman–Crippen MR) is 100 cm³/mol. The summed E-state index contributed by atoms with van der Waals surface area (Å²) in [6.07, 6.45) is 1.53. The van der Waals surface area contributed by atoms with Crippen molar-refractivity contribution in [1.29, 1.82) is 0 Å². The Morgan fingerprint density at radius 3 is 2.42 bits per heavy atom. The molecule has 6 nitrogen and oxygen atoms in total. The lowest BCUT2D eigenvalue weighted by Gasteiger charge is -2.07. The van der Waals surface area contributed by atoms with Gasteiger partial charge < -0.3 is 20.2 Å². The molecule has 0 aliphatic carbocycles. The number of nitrogens with zero attached hydrogens (tertiary/aromatic N) is 1. The van der Waals surface area contributed by atoms with Gasteiger partial charge in [0.1, 0.15) is 12.4 Å². The second-order valence-corrected chi connectivity index (χ2v) is 5.53. The number of aliphatic imine (C=N–C) groups is 1. The maximum Gasteiger partial charge on any atom is 0.287 e. The minimum absolute atomic E-state index is 0.0291. The Kier molecular flexibility index (Phi) is 5.67. The van der Waals surface area contributed by atoms with Crippen LogP contribution in [0.5, 0.6) is 11.5 Å². The number of nitrogens with two attached hydrogens (primary N) is 1. The van der Waals surface area contributed by atoms with E-state index < -0.39 is 0 Å². The van der Waals surface area contributed by atoms with Crippen LogP contribution in [0, 0.1) is 0 Å². The van der Waals surface area contributed by atoms with E-state index in [1.54, 1.807) is 12.1 Å². The van der Waals surface area contributed by atoms with Crippen molar-refractivity contribution in [3.8, 4) is 11.5 Å². The van der Waals surface area contributed by atoms with E-state index in [4.69, 9.17) is 15.2 Å². The van der Waals surface area contributed by atoms with Gasteiger partial charge in [-0.2, -0.15) is 0 Å². The van der Waals surface area contributed by atoms with E-state index in [2.05, 4.69) is 9.98 Å². The van der Waals surface area contributed by atoms with Crippen LogP contribution in [0.2, 0.25) is 0 Å². The quantitative estimate of drug-likeness (QED) is 0.529. The van der Waals surface area contributed by atoms with Crippen molar-refractivity contribution in [2.24, 2.45) is 10.7 Å². The van der Waals surface area contributed by atoms with Crippen LogP contribution in [-0.4, -0.2) is 11.0 Å². The summed E-state index contributed by atoms with van der Waals surface area (Å²) in [4.78, 5) is 19.2. The third kappa shape index (κ3) is 4.98. The maximum absolute atomic E-state index is 12.1. The smallest absolute Gasteiger partial charge is 0.287 e. The van der Waals surface area contributed by atoms with Gasteiger partial charge in [-0.05, 0) is 17.7 Å². The summed E-state index contributed by atoms with van der Waals surface area (Å²) in [7, 11) is 0. The zero-order chi connectivity index (χ0) is 18.2. The maximum atomic E-state index is 12.1. The number of pyridine rings is 1. The van der Waals surface area contributed by atoms with E-state index in [0.29, 0.717) is 18.1 Å². The Bertz CT molecular complexity index is 922. The SMILES string of the molecule is NC(=NCc1cc(=O)c(OCc2ccccc2)c[nH]1)Oc1ccccc1. The van der Waals surface area contributed by atoms with Gasteiger partial charge in [0.2, 0.25) is 5.43 Å². The standard InChI is InChI=1S/C20H19N3O3/c21-20(26-17-9-5-2-6-10-17)23-12-16-11-18(24)19(13-22-16)25-14-15-7-3-1-4-8-15/h1-11,13H,12,14H2,(H2,21,23)(H,22,24). The summed E-state index contributed by atoms with van der Waals surface area (Å²) in [6.45, 7) is 0.534. The minimum Gasteiger partial charge on any atom is -0.483 e. The molecule has 0 spiro atoms. The summed E-state index contributed by atoms with van der Waals surface area (Å²) >= 11 is 0. The van der Waals surface area contributed by atoms with Gasteiger partial charge in [-0.3, -0.25) is 4.79 Å². The number of para-hydroxylation sites is 1. The van der Waals surface area contributed by atoms with Crippen LogP contribution in [-0.2, 0) is 13.2 Å². The molecule has 0 atom stereocenters. The van der Waals surface area contributed by atoms with Gasteiger partial charge in [0.05, 0.1) is 6.54 Å². The molecule has 1 heterocycles. The topological polar surface area (TPSA) is 89.7 Å². The number of ether oxygens (including phenoxy) is 2. The van der Waals surface area contributed by atoms with Gasteiger partial charge in [-0.1, -0.05) is 48.5 Å². The first kappa shape index (κ1) is 17.3. The fraction of sp³-hybridized carbons (Fsp3) is 0.100. The number of benzene rings is 2. The molecule has 0 saturated heterocycles. The number of aromatic nitrogens is 1. The molecule has 6 heteroatoms. The van der Waals surface area contributed by atoms with Crippen LogP contribution >= 0.6 is 0 Å². The van der Waals surface area contributed by atoms with Gasteiger partial charge in [-0.25, -0.2) is 4.99 Å². The lowest BCUT2D eigenvalue weighted by atomic mass is 10.2. The van der Waals surface area contributed by atoms with Gasteiger partial charge in [0, 0.05) is 18.0 Å². The summed E-state index contributed by atoms with van der Waals surface area (Å²) in [5, 5.41) is 0. The highest BCUT2D eigenvalue weighted by Crippen LogP contribution is 2.09. The summed E-state index contributed by atoms with van der Waals surface area (Å²) in [5.41, 5.74) is 7.13. The van der Waals surface area contributed by atoms with Crippen LogP contribution < -0.4 is 20.6 Å². The molecule has 0 bridgehead atoms. The van der Waals surface area contributed by atoms with Crippen LogP contribution in [0.4, 0.5) is 0 Å². The summed E-state index contributed by atoms with van der Waals surface area (Å²) < 4.78 is 10.9. The van der Waals surface area contributed by atoms with Crippen molar-refractivity contribution in [3.63, 3.8) is 0 Å². The largest absolute Gasteiger partial charge is 0.483 e. The van der Waals surface area contributed by atoms with Crippen LogP contribution in [0.25, 0.3) is 0 Å². The number of H-pyrrole nitrogens is 1. The average Bonchev–Trinajstić information content (AvgIpc) is 2.67. The molecular weight excluding hydrogens is 330 g/mol. The molecule has 0 fully saturated rings. The first-order chi connectivity index (χ1) is 12.7. The molecular formula is C20H19N3O3. The van der Waals surface area contributed by atoms with Gasteiger partial charge in [0.15, 0.2) is 5.75 Å². The van der Waals surface area contributed by atoms with Crippen molar-refractivity contribution in [2.75, 3.05) is 0 Å². The molecule has 1 aromatic heterocycles. The molecule has 3 aromatic rings. The number of rotatable bonds is 6. The molecule has 2 aromatic carbocycles. The normalized spacial score (nSPS) is 11.2. The van der Waals surface area contributed by atoms with Crippen molar-refractivity contribution < 1.29 is 9.47 Å². The molecule has 0 amide bonds. The Morgan fingerprint density at radius 2 is 1.73 bits per heavy atom. The number of nitrogens with one attached hydrogen (secondary N) is 1. The van der Waals surface area contributed by atoms with E-state index in [1.807, 2.05) is 48.5 Å². The average molecular weight is 349 g/mol. The molecule has 3 N–H and O–H groups in total. The summed E-state index contributed by atoms with van der Waals surface area (Å²) in [5.74, 6) is 0.863. The van der Waals surface area contributed by atoms with Crippen molar-refractivity contribution in [3.05, 3.63) is 94.4 Å². The second kappa shape index (κ2) is 8.53. The van der Waals surface area contributed by atoms with E-state index >= 15 is 0 Å². The van der Waals surface area contributed by atoms with E-state index in [9.17, 15) is 4.79 Å². The fourth-order valence-corrected chi connectivity index (χ4v) is 2.24. The third-order valence-electron chi connectivity index (χ3n) is 3.54. The zero-order valence-corrected chi connectivity index (χ0v) is 14.1. The molecule has 0 unspecified atom stereocenters. The van der Waals surface area contributed by atoms with E-state index in [1.165, 1.54) is 12.3 Å². The van der Waals surface area contributed by atoms with Gasteiger partial charge in [-0.15, -0.1) is 0 Å². The number of hydrogen-bond acceptors (Lipinski definition) is 4.